The van der Waals surface area contributed by atoms with Crippen LogP contribution in [0.25, 0.3) is 0 Å². The molecule has 0 radical (unpaired) electrons. The topological polar surface area (TPSA) is 29.1 Å². The molecule has 1 amide bonds. The molecule has 0 aromatic heterocycles. The summed E-state index contributed by atoms with van der Waals surface area (Å²) in [5.41, 5.74) is 3.21. The van der Waals surface area contributed by atoms with Crippen LogP contribution >= 0.6 is 27.7 Å². The third-order valence-electron chi connectivity index (χ3n) is 3.56. The lowest BCUT2D eigenvalue weighted by Gasteiger charge is -2.09. The summed E-state index contributed by atoms with van der Waals surface area (Å²) in [7, 11) is 0. The predicted octanol–water partition coefficient (Wildman–Crippen LogP) is 4.45. The van der Waals surface area contributed by atoms with Crippen LogP contribution in [0.15, 0.2) is 51.8 Å². The lowest BCUT2D eigenvalue weighted by Crippen LogP contribution is -2.14. The molecule has 0 spiro atoms. The number of nitrogens with one attached hydrogen (secondary N) is 1. The molecule has 102 valence electrons. The zero-order valence-corrected chi connectivity index (χ0v) is 13.4. The van der Waals surface area contributed by atoms with Gasteiger partial charge in [-0.25, -0.2) is 0 Å². The highest BCUT2D eigenvalue weighted by Crippen LogP contribution is 2.36. The summed E-state index contributed by atoms with van der Waals surface area (Å²) in [6, 6.07) is 14.4. The van der Waals surface area contributed by atoms with Crippen molar-refractivity contribution in [2.75, 3.05) is 11.6 Å². The van der Waals surface area contributed by atoms with Crippen LogP contribution in [-0.2, 0) is 11.2 Å². The Balaban J connectivity index is 1.87. The van der Waals surface area contributed by atoms with Gasteiger partial charge in [-0.3, -0.25) is 4.79 Å². The molecule has 2 aromatic rings. The number of fused-ring (bicyclic) bond motifs is 1. The fourth-order valence-electron chi connectivity index (χ4n) is 2.50. The molecule has 1 aliphatic rings. The van der Waals surface area contributed by atoms with Gasteiger partial charge in [-0.15, -0.1) is 11.8 Å². The minimum absolute atomic E-state index is 0.0899. The summed E-state index contributed by atoms with van der Waals surface area (Å²) in [5.74, 6) is -0.00493. The van der Waals surface area contributed by atoms with Crippen LogP contribution in [-0.4, -0.2) is 12.2 Å². The average Bonchev–Trinajstić information content (AvgIpc) is 2.76. The smallest absolute Gasteiger partial charge is 0.232 e. The van der Waals surface area contributed by atoms with Crippen LogP contribution in [0.4, 0.5) is 5.69 Å². The second-order valence-corrected chi connectivity index (χ2v) is 6.62. The van der Waals surface area contributed by atoms with E-state index in [1.54, 1.807) is 11.8 Å². The molecule has 2 aromatic carbocycles. The molecule has 1 atom stereocenters. The van der Waals surface area contributed by atoms with E-state index in [2.05, 4.69) is 51.8 Å². The number of thioether (sulfide) groups is 1. The zero-order valence-electron chi connectivity index (χ0n) is 11.0. The number of carbonyl (C=O) groups excluding carboxylic acids is 1. The predicted molar refractivity (Wildman–Crippen MR) is 87.4 cm³/mol. The van der Waals surface area contributed by atoms with E-state index in [0.717, 1.165) is 22.1 Å². The lowest BCUT2D eigenvalue weighted by atomic mass is 9.93. The Bertz CT molecular complexity index is 654. The Kier molecular flexibility index (Phi) is 3.85. The first-order chi connectivity index (χ1) is 9.67. The maximum absolute atomic E-state index is 12.1. The fourth-order valence-corrected chi connectivity index (χ4v) is 3.28. The minimum Gasteiger partial charge on any atom is -0.325 e. The third-order valence-corrected chi connectivity index (χ3v) is 4.80. The number of anilines is 1. The maximum Gasteiger partial charge on any atom is 0.232 e. The van der Waals surface area contributed by atoms with Crippen molar-refractivity contribution in [2.45, 2.75) is 17.2 Å². The van der Waals surface area contributed by atoms with Crippen molar-refractivity contribution in [2.24, 2.45) is 0 Å². The summed E-state index contributed by atoms with van der Waals surface area (Å²) in [5, 5.41) is 2.95. The number of hydrogen-bond acceptors (Lipinski definition) is 2. The average molecular weight is 348 g/mol. The SMILES string of the molecule is CSc1ccc(C[C@@H]2C(=O)Nc3ccc(Br)cc32)cc1. The molecule has 1 N–H and O–H groups in total. The van der Waals surface area contributed by atoms with Crippen LogP contribution in [0.1, 0.15) is 17.0 Å². The highest BCUT2D eigenvalue weighted by Gasteiger charge is 2.30. The van der Waals surface area contributed by atoms with Gasteiger partial charge in [0.25, 0.3) is 0 Å². The van der Waals surface area contributed by atoms with Gasteiger partial charge in [0.15, 0.2) is 0 Å². The van der Waals surface area contributed by atoms with Crippen LogP contribution in [0.5, 0.6) is 0 Å². The minimum atomic E-state index is -0.0948. The molecule has 0 saturated carbocycles. The summed E-state index contributed by atoms with van der Waals surface area (Å²) in [4.78, 5) is 13.4. The van der Waals surface area contributed by atoms with E-state index in [1.165, 1.54) is 10.5 Å². The van der Waals surface area contributed by atoms with Crippen LogP contribution in [0, 0.1) is 0 Å². The van der Waals surface area contributed by atoms with Crippen molar-refractivity contribution in [1.29, 1.82) is 0 Å². The standard InChI is InChI=1S/C16H14BrNOS/c1-20-12-5-2-10(3-6-12)8-14-13-9-11(17)4-7-15(13)18-16(14)19/h2-7,9,14H,8H2,1H3,(H,18,19)/t14-/m0/s1. The van der Waals surface area contributed by atoms with E-state index >= 15 is 0 Å². The first-order valence-electron chi connectivity index (χ1n) is 6.40. The van der Waals surface area contributed by atoms with Crippen LogP contribution in [0.3, 0.4) is 0 Å². The summed E-state index contributed by atoms with van der Waals surface area (Å²) in [6.45, 7) is 0. The Morgan fingerprint density at radius 3 is 2.65 bits per heavy atom. The quantitative estimate of drug-likeness (QED) is 0.831. The summed E-state index contributed by atoms with van der Waals surface area (Å²) < 4.78 is 1.01. The number of halogens is 1. The van der Waals surface area contributed by atoms with Gasteiger partial charge < -0.3 is 5.32 Å². The largest absolute Gasteiger partial charge is 0.325 e. The Morgan fingerprint density at radius 2 is 1.95 bits per heavy atom. The highest BCUT2D eigenvalue weighted by atomic mass is 79.9. The van der Waals surface area contributed by atoms with E-state index in [4.69, 9.17) is 0 Å². The third kappa shape index (κ3) is 2.63. The van der Waals surface area contributed by atoms with Gasteiger partial charge in [-0.1, -0.05) is 28.1 Å². The molecule has 1 heterocycles. The second kappa shape index (κ2) is 5.62. The Hall–Kier alpha value is -1.26. The lowest BCUT2D eigenvalue weighted by molar-refractivity contribution is -0.117. The number of amides is 1. The normalized spacial score (nSPS) is 16.9. The van der Waals surface area contributed by atoms with E-state index < -0.39 is 0 Å². The summed E-state index contributed by atoms with van der Waals surface area (Å²) >= 11 is 5.20. The molecule has 0 fully saturated rings. The zero-order chi connectivity index (χ0) is 14.1. The van der Waals surface area contributed by atoms with Crippen molar-refractivity contribution in [3.05, 3.63) is 58.1 Å². The second-order valence-electron chi connectivity index (χ2n) is 4.83. The van der Waals surface area contributed by atoms with E-state index in [0.29, 0.717) is 0 Å². The molecule has 0 aliphatic carbocycles. The van der Waals surface area contributed by atoms with Crippen molar-refractivity contribution >= 4 is 39.3 Å². The fraction of sp³-hybridized carbons (Fsp3) is 0.188. The molecule has 0 saturated heterocycles. The van der Waals surface area contributed by atoms with Crippen molar-refractivity contribution < 1.29 is 4.79 Å². The molecule has 0 unspecified atom stereocenters. The van der Waals surface area contributed by atoms with Gasteiger partial charge in [0.05, 0.1) is 5.92 Å². The molecule has 1 aliphatic heterocycles. The number of carbonyl (C=O) groups is 1. The number of hydrogen-bond donors (Lipinski definition) is 1. The Labute approximate surface area is 131 Å². The van der Waals surface area contributed by atoms with Gasteiger partial charge in [0.2, 0.25) is 5.91 Å². The first kappa shape index (κ1) is 13.7. The van der Waals surface area contributed by atoms with Gasteiger partial charge in [-0.05, 0) is 54.1 Å². The summed E-state index contributed by atoms with van der Waals surface area (Å²) in [6.07, 6.45) is 2.80. The highest BCUT2D eigenvalue weighted by molar-refractivity contribution is 9.10. The van der Waals surface area contributed by atoms with Gasteiger partial charge in [-0.2, -0.15) is 0 Å². The molecule has 3 rings (SSSR count). The van der Waals surface area contributed by atoms with Gasteiger partial charge >= 0.3 is 0 Å². The van der Waals surface area contributed by atoms with Gasteiger partial charge in [0.1, 0.15) is 0 Å². The van der Waals surface area contributed by atoms with E-state index in [9.17, 15) is 4.79 Å². The van der Waals surface area contributed by atoms with Crippen LogP contribution < -0.4 is 5.32 Å². The maximum atomic E-state index is 12.1. The van der Waals surface area contributed by atoms with E-state index in [-0.39, 0.29) is 11.8 Å². The van der Waals surface area contributed by atoms with E-state index in [1.807, 2.05) is 18.2 Å². The van der Waals surface area contributed by atoms with Crippen LogP contribution in [0.2, 0.25) is 0 Å². The molecular weight excluding hydrogens is 334 g/mol. The van der Waals surface area contributed by atoms with Gasteiger partial charge in [0, 0.05) is 15.1 Å². The number of benzene rings is 2. The van der Waals surface area contributed by atoms with Crippen molar-refractivity contribution in [3.8, 4) is 0 Å². The molecule has 4 heteroatoms. The molecule has 0 bridgehead atoms. The molecule has 2 nitrogen and oxygen atoms in total. The van der Waals surface area contributed by atoms with Crippen molar-refractivity contribution in [3.63, 3.8) is 0 Å². The Morgan fingerprint density at radius 1 is 1.20 bits per heavy atom. The monoisotopic (exact) mass is 347 g/mol. The molecular formula is C16H14BrNOS. The first-order valence-corrected chi connectivity index (χ1v) is 8.42. The van der Waals surface area contributed by atoms with Crippen molar-refractivity contribution in [1.82, 2.24) is 0 Å². The number of rotatable bonds is 3. The molecule has 20 heavy (non-hydrogen) atoms.